The van der Waals surface area contributed by atoms with Crippen LogP contribution in [0.3, 0.4) is 0 Å². The Balaban J connectivity index is 1.57. The summed E-state index contributed by atoms with van der Waals surface area (Å²) >= 11 is 0. The van der Waals surface area contributed by atoms with Crippen LogP contribution in [0, 0.1) is 0 Å². The van der Waals surface area contributed by atoms with Crippen LogP contribution < -0.4 is 20.1 Å². The van der Waals surface area contributed by atoms with Crippen molar-refractivity contribution in [2.24, 2.45) is 0 Å². The largest absolute Gasteiger partial charge is 0.493 e. The third-order valence-corrected chi connectivity index (χ3v) is 5.50. The minimum absolute atomic E-state index is 0.0285. The predicted octanol–water partition coefficient (Wildman–Crippen LogP) is 3.43. The molecule has 2 aromatic rings. The molecule has 1 aliphatic heterocycles. The number of nitrogens with one attached hydrogen (secondary N) is 2. The van der Waals surface area contributed by atoms with E-state index >= 15 is 0 Å². The molecule has 3 rings (SSSR count). The lowest BCUT2D eigenvalue weighted by Gasteiger charge is -2.25. The van der Waals surface area contributed by atoms with Gasteiger partial charge in [-0.3, -0.25) is 4.79 Å². The van der Waals surface area contributed by atoms with Gasteiger partial charge in [0, 0.05) is 13.0 Å². The van der Waals surface area contributed by atoms with Crippen molar-refractivity contribution < 1.29 is 19.1 Å². The summed E-state index contributed by atoms with van der Waals surface area (Å²) in [6.07, 6.45) is 0.301. The lowest BCUT2D eigenvalue weighted by atomic mass is 10.1. The van der Waals surface area contributed by atoms with Crippen molar-refractivity contribution in [1.82, 2.24) is 15.5 Å². The highest BCUT2D eigenvalue weighted by atomic mass is 16.5. The molecule has 0 radical (unpaired) electrons. The normalized spacial score (nSPS) is 17.9. The number of nitrogens with zero attached hydrogens (tertiary/aromatic N) is 1. The van der Waals surface area contributed by atoms with E-state index < -0.39 is 0 Å². The van der Waals surface area contributed by atoms with Crippen LogP contribution in [0.1, 0.15) is 43.5 Å². The van der Waals surface area contributed by atoms with E-state index in [9.17, 15) is 9.59 Å². The molecule has 160 valence electrons. The van der Waals surface area contributed by atoms with Gasteiger partial charge < -0.3 is 25.0 Å². The molecule has 7 nitrogen and oxygen atoms in total. The molecule has 2 aromatic carbocycles. The van der Waals surface area contributed by atoms with Crippen LogP contribution in [-0.4, -0.2) is 43.6 Å². The molecule has 3 atom stereocenters. The summed E-state index contributed by atoms with van der Waals surface area (Å²) in [4.78, 5) is 26.8. The van der Waals surface area contributed by atoms with E-state index in [0.29, 0.717) is 24.5 Å². The Morgan fingerprint density at radius 3 is 2.40 bits per heavy atom. The number of urea groups is 1. The summed E-state index contributed by atoms with van der Waals surface area (Å²) in [6.45, 7) is 4.40. The number of benzene rings is 2. The quantitative estimate of drug-likeness (QED) is 0.732. The standard InChI is InChI=1S/C23H29N3O4/c1-15(18-10-11-20(29-3)21(12-18)30-4)24-23(28)25-19-13-22(27)26(14-19)16(2)17-8-6-5-7-9-17/h5-12,15-16,19H,13-14H2,1-4H3,(H2,24,25,28). The van der Waals surface area contributed by atoms with Gasteiger partial charge in [-0.15, -0.1) is 0 Å². The Morgan fingerprint density at radius 1 is 1.03 bits per heavy atom. The highest BCUT2D eigenvalue weighted by Crippen LogP contribution is 2.30. The van der Waals surface area contributed by atoms with Gasteiger partial charge in [-0.2, -0.15) is 0 Å². The lowest BCUT2D eigenvalue weighted by Crippen LogP contribution is -2.44. The van der Waals surface area contributed by atoms with Gasteiger partial charge in [0.25, 0.3) is 0 Å². The summed E-state index contributed by atoms with van der Waals surface area (Å²) in [5, 5.41) is 5.86. The molecule has 3 unspecified atom stereocenters. The van der Waals surface area contributed by atoms with E-state index in [0.717, 1.165) is 11.1 Å². The Hall–Kier alpha value is -3.22. The molecule has 1 heterocycles. The van der Waals surface area contributed by atoms with E-state index in [4.69, 9.17) is 9.47 Å². The molecule has 0 spiro atoms. The van der Waals surface area contributed by atoms with Gasteiger partial charge >= 0.3 is 6.03 Å². The van der Waals surface area contributed by atoms with Crippen LogP contribution in [0.5, 0.6) is 11.5 Å². The first-order valence-electron chi connectivity index (χ1n) is 10.1. The van der Waals surface area contributed by atoms with Crippen molar-refractivity contribution in [2.75, 3.05) is 20.8 Å². The van der Waals surface area contributed by atoms with Crippen molar-refractivity contribution in [2.45, 2.75) is 38.4 Å². The number of rotatable bonds is 7. The molecule has 7 heteroatoms. The fourth-order valence-corrected chi connectivity index (χ4v) is 3.74. The van der Waals surface area contributed by atoms with E-state index in [1.807, 2.05) is 67.3 Å². The SMILES string of the molecule is COc1ccc(C(C)NC(=O)NC2CC(=O)N(C(C)c3ccccc3)C2)cc1OC. The highest BCUT2D eigenvalue weighted by molar-refractivity contribution is 5.82. The van der Waals surface area contributed by atoms with Crippen molar-refractivity contribution in [3.8, 4) is 11.5 Å². The first kappa shape index (κ1) is 21.5. The van der Waals surface area contributed by atoms with Gasteiger partial charge in [-0.1, -0.05) is 36.4 Å². The number of carbonyl (C=O) groups is 2. The number of ether oxygens (including phenoxy) is 2. The third-order valence-electron chi connectivity index (χ3n) is 5.50. The monoisotopic (exact) mass is 411 g/mol. The van der Waals surface area contributed by atoms with Gasteiger partial charge in [0.05, 0.1) is 32.3 Å². The molecule has 0 aliphatic carbocycles. The zero-order chi connectivity index (χ0) is 21.7. The summed E-state index contributed by atoms with van der Waals surface area (Å²) < 4.78 is 10.6. The molecule has 1 aliphatic rings. The average Bonchev–Trinajstić information content (AvgIpc) is 3.12. The second-order valence-corrected chi connectivity index (χ2v) is 7.49. The Bertz CT molecular complexity index is 887. The number of hydrogen-bond donors (Lipinski definition) is 2. The van der Waals surface area contributed by atoms with Gasteiger partial charge in [0.15, 0.2) is 11.5 Å². The predicted molar refractivity (Wildman–Crippen MR) is 115 cm³/mol. The molecular formula is C23H29N3O4. The maximum Gasteiger partial charge on any atom is 0.315 e. The van der Waals surface area contributed by atoms with Crippen molar-refractivity contribution in [3.63, 3.8) is 0 Å². The number of methoxy groups -OCH3 is 2. The van der Waals surface area contributed by atoms with Crippen LogP contribution in [0.4, 0.5) is 4.79 Å². The topological polar surface area (TPSA) is 79.9 Å². The molecule has 0 saturated carbocycles. The molecule has 3 amide bonds. The first-order valence-corrected chi connectivity index (χ1v) is 10.1. The molecule has 30 heavy (non-hydrogen) atoms. The van der Waals surface area contributed by atoms with Crippen molar-refractivity contribution in [3.05, 3.63) is 59.7 Å². The second-order valence-electron chi connectivity index (χ2n) is 7.49. The number of likely N-dealkylation sites (tertiary alicyclic amines) is 1. The van der Waals surface area contributed by atoms with Gasteiger partial charge in [0.2, 0.25) is 5.91 Å². The zero-order valence-electron chi connectivity index (χ0n) is 17.8. The lowest BCUT2D eigenvalue weighted by molar-refractivity contribution is -0.129. The van der Waals surface area contributed by atoms with Crippen LogP contribution in [-0.2, 0) is 4.79 Å². The summed E-state index contributed by atoms with van der Waals surface area (Å²) in [6, 6.07) is 14.6. The van der Waals surface area contributed by atoms with Gasteiger partial charge in [0.1, 0.15) is 0 Å². The van der Waals surface area contributed by atoms with E-state index in [1.165, 1.54) is 0 Å². The third kappa shape index (κ3) is 4.84. The molecule has 2 N–H and O–H groups in total. The van der Waals surface area contributed by atoms with Crippen LogP contribution in [0.15, 0.2) is 48.5 Å². The number of carbonyl (C=O) groups excluding carboxylic acids is 2. The Kier molecular flexibility index (Phi) is 6.82. The molecule has 1 saturated heterocycles. The fraction of sp³-hybridized carbons (Fsp3) is 0.391. The minimum atomic E-state index is -0.302. The maximum atomic E-state index is 12.5. The van der Waals surface area contributed by atoms with Crippen LogP contribution in [0.25, 0.3) is 0 Å². The first-order chi connectivity index (χ1) is 14.4. The zero-order valence-corrected chi connectivity index (χ0v) is 17.8. The average molecular weight is 412 g/mol. The van der Waals surface area contributed by atoms with E-state index in [1.54, 1.807) is 14.2 Å². The molecule has 1 fully saturated rings. The highest BCUT2D eigenvalue weighted by Gasteiger charge is 2.34. The second kappa shape index (κ2) is 9.52. The molecule has 0 aromatic heterocycles. The molecule has 0 bridgehead atoms. The maximum absolute atomic E-state index is 12.5. The smallest absolute Gasteiger partial charge is 0.315 e. The van der Waals surface area contributed by atoms with E-state index in [-0.39, 0.29) is 30.1 Å². The van der Waals surface area contributed by atoms with Gasteiger partial charge in [-0.25, -0.2) is 4.79 Å². The van der Waals surface area contributed by atoms with Crippen molar-refractivity contribution in [1.29, 1.82) is 0 Å². The number of hydrogen-bond acceptors (Lipinski definition) is 4. The molecular weight excluding hydrogens is 382 g/mol. The summed E-state index contributed by atoms with van der Waals surface area (Å²) in [7, 11) is 3.16. The van der Waals surface area contributed by atoms with E-state index in [2.05, 4.69) is 10.6 Å². The van der Waals surface area contributed by atoms with Gasteiger partial charge in [-0.05, 0) is 37.1 Å². The Morgan fingerprint density at radius 2 is 1.73 bits per heavy atom. The minimum Gasteiger partial charge on any atom is -0.493 e. The number of amides is 3. The fourth-order valence-electron chi connectivity index (χ4n) is 3.74. The summed E-state index contributed by atoms with van der Waals surface area (Å²) in [5.41, 5.74) is 1.97. The Labute approximate surface area is 177 Å². The van der Waals surface area contributed by atoms with Crippen LogP contribution >= 0.6 is 0 Å². The van der Waals surface area contributed by atoms with Crippen LogP contribution in [0.2, 0.25) is 0 Å². The van der Waals surface area contributed by atoms with Crippen molar-refractivity contribution >= 4 is 11.9 Å². The summed E-state index contributed by atoms with van der Waals surface area (Å²) in [5.74, 6) is 1.29.